The van der Waals surface area contributed by atoms with Crippen molar-refractivity contribution in [2.24, 2.45) is 5.92 Å². The minimum Gasteiger partial charge on any atom is -0.368 e. The number of nitrogens with one attached hydrogen (secondary N) is 2. The van der Waals surface area contributed by atoms with Crippen molar-refractivity contribution >= 4 is 17.5 Å². The van der Waals surface area contributed by atoms with Crippen LogP contribution < -0.4 is 10.6 Å². The highest BCUT2D eigenvalue weighted by atomic mass is 16.2. The number of amides is 1. The number of aromatic nitrogens is 2. The third-order valence-corrected chi connectivity index (χ3v) is 4.14. The Morgan fingerprint density at radius 1 is 0.815 bits per heavy atom. The number of anilines is 2. The van der Waals surface area contributed by atoms with Gasteiger partial charge in [0.1, 0.15) is 5.82 Å². The number of hydrogen-bond acceptors (Lipinski definition) is 4. The normalized spacial score (nSPS) is 10.8. The quantitative estimate of drug-likeness (QED) is 0.659. The van der Waals surface area contributed by atoms with Gasteiger partial charge in [-0.15, -0.1) is 10.2 Å². The molecule has 5 heteroatoms. The maximum Gasteiger partial charge on any atom is 0.237 e. The van der Waals surface area contributed by atoms with Crippen LogP contribution in [0.25, 0.3) is 0 Å². The average molecular weight is 360 g/mol. The summed E-state index contributed by atoms with van der Waals surface area (Å²) in [6, 6.07) is 23.1. The van der Waals surface area contributed by atoms with Gasteiger partial charge in [0.15, 0.2) is 5.82 Å². The molecule has 27 heavy (non-hydrogen) atoms. The van der Waals surface area contributed by atoms with E-state index in [1.807, 2.05) is 66.7 Å². The Labute approximate surface area is 159 Å². The lowest BCUT2D eigenvalue weighted by molar-refractivity contribution is -0.116. The van der Waals surface area contributed by atoms with Crippen molar-refractivity contribution in [1.82, 2.24) is 10.2 Å². The minimum absolute atomic E-state index is 0.135. The van der Waals surface area contributed by atoms with Crippen molar-refractivity contribution in [3.05, 3.63) is 83.9 Å². The van der Waals surface area contributed by atoms with Crippen LogP contribution in [0, 0.1) is 5.92 Å². The number of carbonyl (C=O) groups excluding carboxylic acids is 1. The van der Waals surface area contributed by atoms with Crippen molar-refractivity contribution in [3.8, 4) is 0 Å². The van der Waals surface area contributed by atoms with Gasteiger partial charge in [0.2, 0.25) is 5.91 Å². The highest BCUT2D eigenvalue weighted by Crippen LogP contribution is 2.26. The Balaban J connectivity index is 1.77. The van der Waals surface area contributed by atoms with E-state index in [4.69, 9.17) is 0 Å². The van der Waals surface area contributed by atoms with Gasteiger partial charge in [0, 0.05) is 6.54 Å². The molecule has 0 radical (unpaired) electrons. The van der Waals surface area contributed by atoms with Crippen LogP contribution in [0.4, 0.5) is 11.6 Å². The minimum atomic E-state index is -0.409. The topological polar surface area (TPSA) is 66.9 Å². The van der Waals surface area contributed by atoms with Crippen LogP contribution in [0.15, 0.2) is 72.8 Å². The summed E-state index contributed by atoms with van der Waals surface area (Å²) in [6.45, 7) is 5.08. The standard InChI is InChI=1S/C22H24N4O/c1-16(2)15-23-19-13-14-20(26-25-19)24-22(27)21(17-9-5-3-6-10-17)18-11-7-4-8-12-18/h3-14,16,21H,15H2,1-2H3,(H,23,25)(H,24,26,27). The molecule has 0 bridgehead atoms. The van der Waals surface area contributed by atoms with E-state index in [9.17, 15) is 4.79 Å². The van der Waals surface area contributed by atoms with Crippen LogP contribution in [0.2, 0.25) is 0 Å². The summed E-state index contributed by atoms with van der Waals surface area (Å²) < 4.78 is 0. The first-order valence-electron chi connectivity index (χ1n) is 9.12. The van der Waals surface area contributed by atoms with Crippen molar-refractivity contribution in [2.75, 3.05) is 17.2 Å². The van der Waals surface area contributed by atoms with Gasteiger partial charge in [-0.1, -0.05) is 74.5 Å². The molecular weight excluding hydrogens is 336 g/mol. The van der Waals surface area contributed by atoms with E-state index < -0.39 is 5.92 Å². The fourth-order valence-corrected chi connectivity index (χ4v) is 2.79. The Morgan fingerprint density at radius 2 is 1.33 bits per heavy atom. The van der Waals surface area contributed by atoms with Crippen molar-refractivity contribution in [3.63, 3.8) is 0 Å². The van der Waals surface area contributed by atoms with Crippen LogP contribution >= 0.6 is 0 Å². The second-order valence-corrected chi connectivity index (χ2v) is 6.82. The van der Waals surface area contributed by atoms with Gasteiger partial charge in [-0.2, -0.15) is 0 Å². The SMILES string of the molecule is CC(C)CNc1ccc(NC(=O)C(c2ccccc2)c2ccccc2)nn1. The number of benzene rings is 2. The third-order valence-electron chi connectivity index (χ3n) is 4.14. The van der Waals surface area contributed by atoms with Gasteiger partial charge in [-0.25, -0.2) is 0 Å². The van der Waals surface area contributed by atoms with Crippen LogP contribution in [0.1, 0.15) is 30.9 Å². The lowest BCUT2D eigenvalue weighted by Crippen LogP contribution is -2.23. The van der Waals surface area contributed by atoms with E-state index in [1.54, 1.807) is 6.07 Å². The van der Waals surface area contributed by atoms with Crippen LogP contribution in [0.5, 0.6) is 0 Å². The third kappa shape index (κ3) is 5.14. The summed E-state index contributed by atoms with van der Waals surface area (Å²) in [5.74, 6) is 1.11. The molecule has 0 aliphatic carbocycles. The van der Waals surface area contributed by atoms with E-state index in [2.05, 4.69) is 34.7 Å². The largest absolute Gasteiger partial charge is 0.368 e. The Morgan fingerprint density at radius 3 is 1.81 bits per heavy atom. The molecule has 0 fully saturated rings. The van der Waals surface area contributed by atoms with E-state index in [-0.39, 0.29) is 5.91 Å². The summed E-state index contributed by atoms with van der Waals surface area (Å²) >= 11 is 0. The zero-order valence-corrected chi connectivity index (χ0v) is 15.6. The summed E-state index contributed by atoms with van der Waals surface area (Å²) in [5.41, 5.74) is 1.87. The molecule has 0 saturated carbocycles. The van der Waals surface area contributed by atoms with Crippen LogP contribution in [-0.4, -0.2) is 22.6 Å². The molecule has 0 spiro atoms. The summed E-state index contributed by atoms with van der Waals surface area (Å²) in [7, 11) is 0. The molecule has 5 nitrogen and oxygen atoms in total. The summed E-state index contributed by atoms with van der Waals surface area (Å²) in [4.78, 5) is 13.0. The molecule has 0 unspecified atom stereocenters. The number of nitrogens with zero attached hydrogens (tertiary/aromatic N) is 2. The van der Waals surface area contributed by atoms with Crippen LogP contribution in [-0.2, 0) is 4.79 Å². The van der Waals surface area contributed by atoms with E-state index in [0.29, 0.717) is 17.6 Å². The monoisotopic (exact) mass is 360 g/mol. The van der Waals surface area contributed by atoms with Crippen molar-refractivity contribution in [1.29, 1.82) is 0 Å². The predicted molar refractivity (Wildman–Crippen MR) is 109 cm³/mol. The molecule has 138 valence electrons. The first-order chi connectivity index (χ1) is 13.1. The molecule has 0 aliphatic heterocycles. The second-order valence-electron chi connectivity index (χ2n) is 6.82. The highest BCUT2D eigenvalue weighted by molar-refractivity contribution is 5.97. The van der Waals surface area contributed by atoms with Crippen molar-refractivity contribution < 1.29 is 4.79 Å². The average Bonchev–Trinajstić information content (AvgIpc) is 2.69. The number of hydrogen-bond donors (Lipinski definition) is 2. The smallest absolute Gasteiger partial charge is 0.237 e. The highest BCUT2D eigenvalue weighted by Gasteiger charge is 2.23. The first-order valence-corrected chi connectivity index (χ1v) is 9.12. The van der Waals surface area contributed by atoms with E-state index >= 15 is 0 Å². The number of carbonyl (C=O) groups is 1. The molecule has 3 rings (SSSR count). The fourth-order valence-electron chi connectivity index (χ4n) is 2.79. The maximum absolute atomic E-state index is 13.0. The lowest BCUT2D eigenvalue weighted by Gasteiger charge is -2.17. The van der Waals surface area contributed by atoms with Crippen LogP contribution in [0.3, 0.4) is 0 Å². The van der Waals surface area contributed by atoms with E-state index in [0.717, 1.165) is 17.7 Å². The Hall–Kier alpha value is -3.21. The number of rotatable bonds is 7. The Kier molecular flexibility index (Phi) is 6.15. The molecule has 0 aliphatic rings. The molecule has 1 heterocycles. The molecule has 2 N–H and O–H groups in total. The fraction of sp³-hybridized carbons (Fsp3) is 0.227. The molecule has 2 aromatic carbocycles. The molecule has 0 atom stereocenters. The zero-order valence-electron chi connectivity index (χ0n) is 15.6. The van der Waals surface area contributed by atoms with Gasteiger partial charge >= 0.3 is 0 Å². The van der Waals surface area contributed by atoms with Gasteiger partial charge in [0.05, 0.1) is 5.92 Å². The van der Waals surface area contributed by atoms with Gasteiger partial charge in [-0.3, -0.25) is 4.79 Å². The first kappa shape index (κ1) is 18.6. The molecule has 1 aromatic heterocycles. The van der Waals surface area contributed by atoms with Gasteiger partial charge in [0.25, 0.3) is 0 Å². The summed E-state index contributed by atoms with van der Waals surface area (Å²) in [6.07, 6.45) is 0. The summed E-state index contributed by atoms with van der Waals surface area (Å²) in [5, 5.41) is 14.4. The molecule has 1 amide bonds. The molecule has 3 aromatic rings. The van der Waals surface area contributed by atoms with Gasteiger partial charge in [-0.05, 0) is 29.2 Å². The Bertz CT molecular complexity index is 809. The van der Waals surface area contributed by atoms with Crippen molar-refractivity contribution in [2.45, 2.75) is 19.8 Å². The zero-order chi connectivity index (χ0) is 19.1. The van der Waals surface area contributed by atoms with E-state index in [1.165, 1.54) is 0 Å². The lowest BCUT2D eigenvalue weighted by atomic mass is 9.90. The maximum atomic E-state index is 13.0. The van der Waals surface area contributed by atoms with Gasteiger partial charge < -0.3 is 10.6 Å². The second kappa shape index (κ2) is 8.94. The molecular formula is C22H24N4O. The molecule has 0 saturated heterocycles. The predicted octanol–water partition coefficient (Wildman–Crippen LogP) is 4.32.